The zero-order chi connectivity index (χ0) is 16.3. The fourth-order valence-corrected chi connectivity index (χ4v) is 2.30. The zero-order valence-electron chi connectivity index (χ0n) is 11.3. The minimum atomic E-state index is -1.33. The maximum Gasteiger partial charge on any atom is 0.402 e. The fourth-order valence-electron chi connectivity index (χ4n) is 2.30. The molecule has 2 aliphatic rings. The van der Waals surface area contributed by atoms with Crippen molar-refractivity contribution in [1.82, 2.24) is 0 Å². The first-order valence-corrected chi connectivity index (χ1v) is 6.27. The number of carbonyl (C=O) groups is 3. The summed E-state index contributed by atoms with van der Waals surface area (Å²) in [6.07, 6.45) is 1.94. The van der Waals surface area contributed by atoms with E-state index in [0.29, 0.717) is 27.8 Å². The highest BCUT2D eigenvalue weighted by molar-refractivity contribution is 6.28. The van der Waals surface area contributed by atoms with Gasteiger partial charge < -0.3 is 10.8 Å². The molecule has 3 N–H and O–H groups in total. The van der Waals surface area contributed by atoms with E-state index in [1.807, 2.05) is 0 Å². The molecule has 0 fully saturated rings. The van der Waals surface area contributed by atoms with Crippen molar-refractivity contribution in [2.24, 2.45) is 5.73 Å². The third-order valence-corrected chi connectivity index (χ3v) is 3.21. The topological polar surface area (TPSA) is 115 Å². The van der Waals surface area contributed by atoms with Gasteiger partial charge in [-0.3, -0.25) is 9.59 Å². The highest BCUT2D eigenvalue weighted by atomic mass is 16.4. The molecule has 1 aromatic rings. The Morgan fingerprint density at radius 2 is 1.64 bits per heavy atom. The monoisotopic (exact) mass is 297 g/mol. The molecular weight excluding hydrogens is 286 g/mol. The molecule has 6 nitrogen and oxygen atoms in total. The maximum atomic E-state index is 12.3. The molecule has 2 aliphatic carbocycles. The minimum Gasteiger partial charge on any atom is -0.465 e. The van der Waals surface area contributed by atoms with E-state index in [2.05, 4.69) is 5.73 Å². The van der Waals surface area contributed by atoms with E-state index in [1.54, 1.807) is 36.3 Å². The Labute approximate surface area is 125 Å². The van der Waals surface area contributed by atoms with Crippen LogP contribution in [0.25, 0.3) is 0 Å². The van der Waals surface area contributed by atoms with E-state index in [0.717, 1.165) is 0 Å². The highest BCUT2D eigenvalue weighted by Gasteiger charge is 2.32. The second-order valence-electron chi connectivity index (χ2n) is 4.57. The van der Waals surface area contributed by atoms with E-state index in [4.69, 9.17) is 9.90 Å². The van der Waals surface area contributed by atoms with Crippen molar-refractivity contribution < 1.29 is 24.3 Å². The van der Waals surface area contributed by atoms with Gasteiger partial charge in [0.05, 0.1) is 0 Å². The molecule has 0 aliphatic heterocycles. The molecule has 1 aromatic carbocycles. The first-order valence-electron chi connectivity index (χ1n) is 6.27. The van der Waals surface area contributed by atoms with Crippen molar-refractivity contribution >= 4 is 23.6 Å². The Morgan fingerprint density at radius 1 is 1.09 bits per heavy atom. The third kappa shape index (κ3) is 2.77. The van der Waals surface area contributed by atoms with Crippen LogP contribution in [0.5, 0.6) is 0 Å². The number of hydrogen-bond donors (Lipinski definition) is 2. The zero-order valence-corrected chi connectivity index (χ0v) is 11.3. The molecular formula is C16H11NO5. The smallest absolute Gasteiger partial charge is 0.402 e. The molecule has 0 saturated heterocycles. The van der Waals surface area contributed by atoms with E-state index in [-0.39, 0.29) is 18.0 Å². The number of fused-ring (bicyclic) bond motifs is 1. The lowest BCUT2D eigenvalue weighted by atomic mass is 9.79. The quantitative estimate of drug-likeness (QED) is 0.707. The first-order chi connectivity index (χ1) is 10.5. The summed E-state index contributed by atoms with van der Waals surface area (Å²) in [6, 6.07) is 6.75. The van der Waals surface area contributed by atoms with Crippen LogP contribution in [0.4, 0.5) is 4.79 Å². The molecule has 0 heterocycles. The lowest BCUT2D eigenvalue weighted by Gasteiger charge is -2.21. The summed E-state index contributed by atoms with van der Waals surface area (Å²) < 4.78 is 0. The molecule has 0 unspecified atom stereocenters. The number of carboxylic acid groups (broad SMARTS) is 1. The molecule has 0 saturated carbocycles. The molecule has 0 bridgehead atoms. The van der Waals surface area contributed by atoms with Crippen LogP contribution >= 0.6 is 0 Å². The Kier molecular flexibility index (Phi) is 4.15. The predicted molar refractivity (Wildman–Crippen MR) is 77.3 cm³/mol. The standard InChI is InChI=1S/C15H8O3.CH3NO2/c16-8-9-5-6-12-13(7-9)15(18)11-4-2-1-3-10(11)14(12)17;2-1(3)4/h1-6H,7H2;2H2,(H,3,4). The Morgan fingerprint density at radius 3 is 2.18 bits per heavy atom. The van der Waals surface area contributed by atoms with Crippen LogP contribution in [0, 0.1) is 0 Å². The molecule has 1 amide bonds. The molecule has 110 valence electrons. The highest BCUT2D eigenvalue weighted by Crippen LogP contribution is 2.33. The normalized spacial score (nSPS) is 15.4. The summed E-state index contributed by atoms with van der Waals surface area (Å²) in [5.74, 6) is 1.46. The summed E-state index contributed by atoms with van der Waals surface area (Å²) in [4.78, 5) is 43.9. The SMILES string of the molecule is NC(=O)O.O=C=C1C=CC2=C(C1)C(=O)c1ccccc1C2=O. The van der Waals surface area contributed by atoms with E-state index in [9.17, 15) is 14.4 Å². The van der Waals surface area contributed by atoms with Gasteiger partial charge in [-0.1, -0.05) is 24.3 Å². The van der Waals surface area contributed by atoms with Crippen molar-refractivity contribution in [3.05, 3.63) is 64.3 Å². The number of primary amides is 1. The van der Waals surface area contributed by atoms with Gasteiger partial charge in [0.25, 0.3) is 0 Å². The summed E-state index contributed by atoms with van der Waals surface area (Å²) in [5, 5.41) is 7.19. The van der Waals surface area contributed by atoms with Crippen LogP contribution < -0.4 is 5.73 Å². The van der Waals surface area contributed by atoms with Gasteiger partial charge in [-0.05, 0) is 12.2 Å². The van der Waals surface area contributed by atoms with Gasteiger partial charge in [-0.2, -0.15) is 0 Å². The van der Waals surface area contributed by atoms with Crippen molar-refractivity contribution in [2.75, 3.05) is 0 Å². The number of carbonyl (C=O) groups excluding carboxylic acids is 3. The minimum absolute atomic E-state index is 0.151. The number of hydrogen-bond acceptors (Lipinski definition) is 4. The van der Waals surface area contributed by atoms with Gasteiger partial charge in [0.15, 0.2) is 11.6 Å². The van der Waals surface area contributed by atoms with Crippen LogP contribution in [-0.4, -0.2) is 28.7 Å². The molecule has 3 rings (SSSR count). The van der Waals surface area contributed by atoms with Gasteiger partial charge in [0.1, 0.15) is 5.94 Å². The van der Waals surface area contributed by atoms with Crippen molar-refractivity contribution in [1.29, 1.82) is 0 Å². The summed E-state index contributed by atoms with van der Waals surface area (Å²) in [5.41, 5.74) is 6.08. The van der Waals surface area contributed by atoms with E-state index < -0.39 is 6.09 Å². The van der Waals surface area contributed by atoms with Crippen LogP contribution in [0.3, 0.4) is 0 Å². The lowest BCUT2D eigenvalue weighted by molar-refractivity contribution is 0.0975. The average molecular weight is 297 g/mol. The Bertz CT molecular complexity index is 791. The second-order valence-corrected chi connectivity index (χ2v) is 4.57. The first kappa shape index (κ1) is 15.2. The number of amides is 1. The van der Waals surface area contributed by atoms with Gasteiger partial charge >= 0.3 is 6.09 Å². The second kappa shape index (κ2) is 6.03. The number of benzene rings is 1. The molecule has 0 radical (unpaired) electrons. The molecule has 0 aromatic heterocycles. The van der Waals surface area contributed by atoms with Crippen molar-refractivity contribution in [3.63, 3.8) is 0 Å². The van der Waals surface area contributed by atoms with Crippen molar-refractivity contribution in [2.45, 2.75) is 6.42 Å². The summed E-state index contributed by atoms with van der Waals surface area (Å²) in [7, 11) is 0. The summed E-state index contributed by atoms with van der Waals surface area (Å²) in [6.45, 7) is 0. The number of ketones is 2. The number of nitrogens with two attached hydrogens (primary N) is 1. The maximum absolute atomic E-state index is 12.3. The van der Waals surface area contributed by atoms with Crippen LogP contribution in [0.2, 0.25) is 0 Å². The largest absolute Gasteiger partial charge is 0.465 e. The Balaban J connectivity index is 0.000000396. The third-order valence-electron chi connectivity index (χ3n) is 3.21. The van der Waals surface area contributed by atoms with E-state index >= 15 is 0 Å². The van der Waals surface area contributed by atoms with E-state index in [1.165, 1.54) is 6.08 Å². The van der Waals surface area contributed by atoms with Gasteiger partial charge in [-0.25, -0.2) is 9.59 Å². The number of rotatable bonds is 0. The van der Waals surface area contributed by atoms with Crippen molar-refractivity contribution in [3.8, 4) is 0 Å². The number of allylic oxidation sites excluding steroid dienone is 5. The Hall–Kier alpha value is -3.24. The molecule has 22 heavy (non-hydrogen) atoms. The van der Waals surface area contributed by atoms with Gasteiger partial charge in [-0.15, -0.1) is 0 Å². The molecule has 0 spiro atoms. The van der Waals surface area contributed by atoms with Crippen LogP contribution in [0.1, 0.15) is 27.1 Å². The van der Waals surface area contributed by atoms with Crippen LogP contribution in [-0.2, 0) is 4.79 Å². The lowest BCUT2D eigenvalue weighted by Crippen LogP contribution is -2.23. The fraction of sp³-hybridized carbons (Fsp3) is 0.0625. The average Bonchev–Trinajstić information content (AvgIpc) is 2.51. The molecule has 6 heteroatoms. The van der Waals surface area contributed by atoms with Gasteiger partial charge in [0, 0.05) is 34.3 Å². The van der Waals surface area contributed by atoms with Gasteiger partial charge in [0.2, 0.25) is 0 Å². The molecule has 0 atom stereocenters. The van der Waals surface area contributed by atoms with Crippen LogP contribution in [0.15, 0.2) is 53.1 Å². The summed E-state index contributed by atoms with van der Waals surface area (Å²) >= 11 is 0. The predicted octanol–water partition coefficient (Wildman–Crippen LogP) is 1.70. The number of Topliss-reactive ketones (excluding diaryl/α,β-unsaturated/α-hetero) is 2.